The van der Waals surface area contributed by atoms with Crippen molar-refractivity contribution in [2.24, 2.45) is 5.92 Å². The lowest BCUT2D eigenvalue weighted by molar-refractivity contribution is 0.00305. The van der Waals surface area contributed by atoms with Crippen molar-refractivity contribution in [3.05, 3.63) is 16.1 Å². The molecule has 0 aliphatic rings. The van der Waals surface area contributed by atoms with E-state index in [0.29, 0.717) is 11.6 Å². The van der Waals surface area contributed by atoms with Crippen LogP contribution in [0.1, 0.15) is 76.0 Å². The van der Waals surface area contributed by atoms with Crippen LogP contribution in [0.25, 0.3) is 0 Å². The van der Waals surface area contributed by atoms with Gasteiger partial charge < -0.3 is 19.8 Å². The third-order valence-electron chi connectivity index (χ3n) is 3.75. The first kappa shape index (κ1) is 22.4. The molecule has 2 atom stereocenters. The van der Waals surface area contributed by atoms with Crippen LogP contribution in [0.2, 0.25) is 0 Å². The summed E-state index contributed by atoms with van der Waals surface area (Å²) in [4.78, 5) is 29.2. The summed E-state index contributed by atoms with van der Waals surface area (Å²) in [5.41, 5.74) is -0.683. The van der Waals surface area contributed by atoms with Gasteiger partial charge in [-0.2, -0.15) is 0 Å². The summed E-state index contributed by atoms with van der Waals surface area (Å²) in [5, 5.41) is 21.3. The molecule has 0 bridgehead atoms. The van der Waals surface area contributed by atoms with E-state index < -0.39 is 23.8 Å². The normalized spacial score (nSPS) is 14.2. The molecule has 0 fully saturated rings. The zero-order valence-corrected chi connectivity index (χ0v) is 17.2. The molecule has 7 nitrogen and oxygen atoms in total. The van der Waals surface area contributed by atoms with Crippen molar-refractivity contribution in [3.8, 4) is 0 Å². The maximum atomic E-state index is 12.6. The van der Waals surface area contributed by atoms with Crippen molar-refractivity contribution in [1.82, 2.24) is 9.88 Å². The zero-order chi connectivity index (χ0) is 20.1. The van der Waals surface area contributed by atoms with E-state index in [1.54, 1.807) is 4.90 Å². The van der Waals surface area contributed by atoms with Crippen molar-refractivity contribution < 1.29 is 24.5 Å². The highest BCUT2D eigenvalue weighted by atomic mass is 32.1. The van der Waals surface area contributed by atoms with Crippen LogP contribution in [-0.4, -0.2) is 50.3 Å². The maximum Gasteiger partial charge on any atom is 0.410 e. The first-order chi connectivity index (χ1) is 12.0. The fourth-order valence-corrected chi connectivity index (χ4v) is 3.37. The average molecular weight is 387 g/mol. The molecule has 1 rings (SSSR count). The van der Waals surface area contributed by atoms with E-state index in [9.17, 15) is 14.7 Å². The van der Waals surface area contributed by atoms with E-state index in [-0.39, 0.29) is 24.1 Å². The number of hydrogen-bond acceptors (Lipinski definition) is 6. The first-order valence-electron chi connectivity index (χ1n) is 8.82. The fourth-order valence-electron chi connectivity index (χ4n) is 2.58. The second-order valence-corrected chi connectivity index (χ2v) is 8.50. The molecular formula is C18H30N2O5S. The second-order valence-electron chi connectivity index (χ2n) is 7.61. The molecule has 1 amide bonds. The Hall–Kier alpha value is -1.67. The summed E-state index contributed by atoms with van der Waals surface area (Å²) in [5.74, 6) is -1.04. The van der Waals surface area contributed by atoms with Crippen LogP contribution in [0.3, 0.4) is 0 Å². The number of aromatic nitrogens is 1. The fraction of sp³-hybridized carbons (Fsp3) is 0.722. The highest BCUT2D eigenvalue weighted by Crippen LogP contribution is 2.28. The van der Waals surface area contributed by atoms with Gasteiger partial charge in [-0.1, -0.05) is 20.8 Å². The van der Waals surface area contributed by atoms with Crippen molar-refractivity contribution >= 4 is 23.4 Å². The van der Waals surface area contributed by atoms with Gasteiger partial charge in [-0.05, 0) is 33.1 Å². The molecular weight excluding hydrogens is 356 g/mol. The van der Waals surface area contributed by atoms with Crippen LogP contribution in [0.5, 0.6) is 0 Å². The van der Waals surface area contributed by atoms with E-state index in [0.717, 1.165) is 17.8 Å². The lowest BCUT2D eigenvalue weighted by atomic mass is 9.96. The summed E-state index contributed by atoms with van der Waals surface area (Å²) in [6.07, 6.45) is -0.319. The molecule has 1 unspecified atom stereocenters. The van der Waals surface area contributed by atoms with Crippen LogP contribution in [0.15, 0.2) is 5.38 Å². The Labute approximate surface area is 159 Å². The number of carboxylic acid groups (broad SMARTS) is 1. The summed E-state index contributed by atoms with van der Waals surface area (Å²) in [6.45, 7) is 11.9. The summed E-state index contributed by atoms with van der Waals surface area (Å²) >= 11 is 1.11. The molecule has 8 heteroatoms. The van der Waals surface area contributed by atoms with Crippen LogP contribution >= 0.6 is 11.3 Å². The van der Waals surface area contributed by atoms with Gasteiger partial charge in [0.05, 0.1) is 0 Å². The number of ether oxygens (including phenoxy) is 1. The van der Waals surface area contributed by atoms with Crippen LogP contribution in [0.4, 0.5) is 4.79 Å². The Bertz CT molecular complexity index is 609. The Kier molecular flexibility index (Phi) is 8.02. The Morgan fingerprint density at radius 2 is 1.96 bits per heavy atom. The van der Waals surface area contributed by atoms with Crippen LogP contribution in [-0.2, 0) is 4.74 Å². The van der Waals surface area contributed by atoms with E-state index in [1.807, 2.05) is 41.5 Å². The zero-order valence-electron chi connectivity index (χ0n) is 16.4. The molecule has 26 heavy (non-hydrogen) atoms. The van der Waals surface area contributed by atoms with Gasteiger partial charge >= 0.3 is 12.1 Å². The minimum atomic E-state index is -1.12. The number of carbonyl (C=O) groups excluding carboxylic acids is 1. The van der Waals surface area contributed by atoms with Gasteiger partial charge in [0.25, 0.3) is 0 Å². The van der Waals surface area contributed by atoms with Crippen molar-refractivity contribution in [1.29, 1.82) is 0 Å². The van der Waals surface area contributed by atoms with Gasteiger partial charge in [0.2, 0.25) is 0 Å². The number of aliphatic hydroxyl groups is 1. The standard InChI is InChI=1S/C18H30N2O5S/c1-7-8-20(17(24)25-18(4,5)6)13(11(2)3)9-14(21)15-19-12(10-26-15)16(22)23/h10-11,13-14,21H,7-9H2,1-6H3,(H,22,23)/t13?,14-/m1/s1. The Balaban J connectivity index is 2.98. The maximum absolute atomic E-state index is 12.6. The average Bonchev–Trinajstić information content (AvgIpc) is 2.98. The molecule has 2 N–H and O–H groups in total. The monoisotopic (exact) mass is 386 g/mol. The van der Waals surface area contributed by atoms with Gasteiger partial charge in [0, 0.05) is 24.4 Å². The van der Waals surface area contributed by atoms with Crippen molar-refractivity contribution in [2.75, 3.05) is 6.54 Å². The number of carboxylic acids is 1. The van der Waals surface area contributed by atoms with Crippen LogP contribution < -0.4 is 0 Å². The number of aromatic carboxylic acids is 1. The minimum absolute atomic E-state index is 0.0808. The van der Waals surface area contributed by atoms with Gasteiger partial charge in [-0.3, -0.25) is 0 Å². The van der Waals surface area contributed by atoms with Gasteiger partial charge in [-0.25, -0.2) is 14.6 Å². The minimum Gasteiger partial charge on any atom is -0.476 e. The highest BCUT2D eigenvalue weighted by molar-refractivity contribution is 7.09. The summed E-state index contributed by atoms with van der Waals surface area (Å²) in [7, 11) is 0. The first-order valence-corrected chi connectivity index (χ1v) is 9.70. The number of carbonyl (C=O) groups is 2. The SMILES string of the molecule is CCCN(C(=O)OC(C)(C)C)C(C[C@@H](O)c1nc(C(=O)O)cs1)C(C)C. The molecule has 148 valence electrons. The molecule has 0 spiro atoms. The molecule has 0 aromatic carbocycles. The Morgan fingerprint density at radius 3 is 2.38 bits per heavy atom. The predicted octanol–water partition coefficient (Wildman–Crippen LogP) is 3.94. The van der Waals surface area contributed by atoms with E-state index in [4.69, 9.17) is 9.84 Å². The molecule has 1 aromatic heterocycles. The summed E-state index contributed by atoms with van der Waals surface area (Å²) < 4.78 is 5.52. The third kappa shape index (κ3) is 6.57. The van der Waals surface area contributed by atoms with Gasteiger partial charge in [0.1, 0.15) is 16.7 Å². The molecule has 1 heterocycles. The number of hydrogen-bond donors (Lipinski definition) is 2. The van der Waals surface area contributed by atoms with E-state index in [1.165, 1.54) is 5.38 Å². The Morgan fingerprint density at radius 1 is 1.35 bits per heavy atom. The topological polar surface area (TPSA) is 100.0 Å². The number of nitrogens with zero attached hydrogens (tertiary/aromatic N) is 2. The lowest BCUT2D eigenvalue weighted by Crippen LogP contribution is -2.46. The molecule has 0 saturated heterocycles. The van der Waals surface area contributed by atoms with Crippen molar-refractivity contribution in [2.45, 2.75) is 72.1 Å². The molecule has 0 radical (unpaired) electrons. The smallest absolute Gasteiger partial charge is 0.410 e. The number of amides is 1. The van der Waals surface area contributed by atoms with Crippen LogP contribution in [0, 0.1) is 5.92 Å². The summed E-state index contributed by atoms with van der Waals surface area (Å²) in [6, 6.07) is -0.253. The van der Waals surface area contributed by atoms with Gasteiger partial charge in [-0.15, -0.1) is 11.3 Å². The quantitative estimate of drug-likeness (QED) is 0.702. The molecule has 0 saturated carbocycles. The third-order valence-corrected chi connectivity index (χ3v) is 4.70. The van der Waals surface area contributed by atoms with E-state index >= 15 is 0 Å². The second kappa shape index (κ2) is 9.32. The molecule has 0 aliphatic carbocycles. The lowest BCUT2D eigenvalue weighted by Gasteiger charge is -2.36. The van der Waals surface area contributed by atoms with Crippen molar-refractivity contribution in [3.63, 3.8) is 0 Å². The molecule has 0 aliphatic heterocycles. The van der Waals surface area contributed by atoms with E-state index in [2.05, 4.69) is 4.98 Å². The highest BCUT2D eigenvalue weighted by Gasteiger charge is 2.32. The predicted molar refractivity (Wildman–Crippen MR) is 101 cm³/mol. The number of rotatable bonds is 8. The number of thiazole rings is 1. The van der Waals surface area contributed by atoms with Gasteiger partial charge in [0.15, 0.2) is 5.69 Å². The number of aliphatic hydroxyl groups excluding tert-OH is 1. The largest absolute Gasteiger partial charge is 0.476 e. The molecule has 1 aromatic rings.